The molecule has 0 saturated carbocycles. The summed E-state index contributed by atoms with van der Waals surface area (Å²) >= 11 is 6.15. The fourth-order valence-electron chi connectivity index (χ4n) is 8.43. The SMILES string of the molecule is C/C=C(\C)[C@H]1OC(=O)[C@@H](C)NC(=O)[C@H]([C@H](C)CC)NC(=O)CN(C)C(=O)[C@@H](Cc2ccc(Cl)cc2)N(C)C(=O)[C@H](C)NC(=O)[C@H](CC(C)C)OC(=O)/C(C)=C\C[C@H](OC(=O)NCCCCCOP(=O)(O)OP(=O)(O)OCCCCCN)[C@@H]1C. The zero-order valence-electron chi connectivity index (χ0n) is 50.0. The molecule has 11 atom stereocenters. The zero-order chi connectivity index (χ0) is 62.8. The van der Waals surface area contributed by atoms with Crippen molar-refractivity contribution in [1.82, 2.24) is 31.1 Å². The largest absolute Gasteiger partial charge is 0.481 e. The number of carbonyl (C=O) groups is 8. The van der Waals surface area contributed by atoms with Crippen LogP contribution in [0.1, 0.15) is 133 Å². The summed E-state index contributed by atoms with van der Waals surface area (Å²) in [4.78, 5) is 134. The minimum Gasteiger partial charge on any atom is -0.456 e. The molecular formula is C55H90ClN7O18P2. The molecule has 6 amide bonds. The first kappa shape index (κ1) is 73.9. The number of hydrogen-bond acceptors (Lipinski definition) is 17. The van der Waals surface area contributed by atoms with Crippen molar-refractivity contribution >= 4 is 74.8 Å². The van der Waals surface area contributed by atoms with Gasteiger partial charge in [-0.15, -0.1) is 0 Å². The number of rotatable bonds is 23. The molecule has 0 radical (unpaired) electrons. The van der Waals surface area contributed by atoms with E-state index in [0.717, 1.165) is 9.80 Å². The lowest BCUT2D eigenvalue weighted by Gasteiger charge is -2.33. The summed E-state index contributed by atoms with van der Waals surface area (Å²) < 4.78 is 56.2. The Morgan fingerprint density at radius 1 is 0.867 bits per heavy atom. The van der Waals surface area contributed by atoms with Crippen LogP contribution < -0.4 is 27.0 Å². The molecule has 28 heteroatoms. The number of phosphoric ester groups is 2. The normalized spacial score (nSPS) is 25.4. The first-order valence-corrected chi connectivity index (χ1v) is 31.4. The number of carbonyl (C=O) groups excluding carboxylic acids is 8. The topological polar surface area (TPSA) is 347 Å². The molecule has 83 heavy (non-hydrogen) atoms. The van der Waals surface area contributed by atoms with E-state index in [4.69, 9.17) is 40.6 Å². The molecule has 1 aromatic rings. The smallest absolute Gasteiger partial charge is 0.456 e. The van der Waals surface area contributed by atoms with Crippen LogP contribution in [0.2, 0.25) is 5.02 Å². The molecule has 25 nitrogen and oxygen atoms in total. The lowest BCUT2D eigenvalue weighted by molar-refractivity contribution is -0.155. The van der Waals surface area contributed by atoms with Crippen molar-refractivity contribution in [2.24, 2.45) is 23.5 Å². The molecule has 1 aliphatic rings. The van der Waals surface area contributed by atoms with Crippen molar-refractivity contribution in [1.29, 1.82) is 0 Å². The van der Waals surface area contributed by atoms with Gasteiger partial charge in [-0.1, -0.05) is 76.9 Å². The average Bonchev–Trinajstić information content (AvgIpc) is 3.52. The van der Waals surface area contributed by atoms with Gasteiger partial charge in [0.2, 0.25) is 23.6 Å². The van der Waals surface area contributed by atoms with Gasteiger partial charge < -0.3 is 60.8 Å². The van der Waals surface area contributed by atoms with Crippen molar-refractivity contribution in [3.05, 3.63) is 58.1 Å². The first-order chi connectivity index (χ1) is 38.9. The number of likely N-dealkylation sites (N-methyl/N-ethyl adjacent to an activating group) is 2. The Bertz CT molecular complexity index is 2480. The molecule has 2 rings (SSSR count). The Morgan fingerprint density at radius 2 is 1.46 bits per heavy atom. The van der Waals surface area contributed by atoms with Crippen LogP contribution in [0.25, 0.3) is 0 Å². The molecule has 0 aliphatic carbocycles. The van der Waals surface area contributed by atoms with Crippen molar-refractivity contribution in [2.75, 3.05) is 46.9 Å². The summed E-state index contributed by atoms with van der Waals surface area (Å²) in [7, 11) is -7.13. The number of cyclic esters (lactones) is 2. The maximum atomic E-state index is 14.3. The van der Waals surface area contributed by atoms with Crippen molar-refractivity contribution in [3.8, 4) is 0 Å². The Hall–Kier alpha value is -5.23. The predicted molar refractivity (Wildman–Crippen MR) is 310 cm³/mol. The highest BCUT2D eigenvalue weighted by Gasteiger charge is 2.39. The fourth-order valence-corrected chi connectivity index (χ4v) is 10.7. The third-order valence-electron chi connectivity index (χ3n) is 13.8. The van der Waals surface area contributed by atoms with E-state index < -0.39 is 124 Å². The van der Waals surface area contributed by atoms with Gasteiger partial charge in [0.05, 0.1) is 19.8 Å². The lowest BCUT2D eigenvalue weighted by atomic mass is 9.90. The van der Waals surface area contributed by atoms with E-state index in [1.807, 2.05) is 0 Å². The van der Waals surface area contributed by atoms with Gasteiger partial charge in [0, 0.05) is 50.0 Å². The van der Waals surface area contributed by atoms with Crippen LogP contribution in [-0.4, -0.2) is 157 Å². The van der Waals surface area contributed by atoms with Gasteiger partial charge in [-0.05, 0) is 121 Å². The highest BCUT2D eigenvalue weighted by atomic mass is 35.5. The lowest BCUT2D eigenvalue weighted by Crippen LogP contribution is -2.57. The number of nitrogens with zero attached hydrogens (tertiary/aromatic N) is 2. The van der Waals surface area contributed by atoms with E-state index in [9.17, 15) is 57.3 Å². The molecule has 8 N–H and O–H groups in total. The van der Waals surface area contributed by atoms with Crippen molar-refractivity contribution in [3.63, 3.8) is 0 Å². The molecule has 0 saturated heterocycles. The number of phosphoric acid groups is 2. The van der Waals surface area contributed by atoms with Crippen LogP contribution in [0.3, 0.4) is 0 Å². The fraction of sp³-hybridized carbons (Fsp3) is 0.673. The van der Waals surface area contributed by atoms with E-state index in [2.05, 4.69) is 25.6 Å². The molecule has 0 fully saturated rings. The second-order valence-corrected chi connectivity index (χ2v) is 24.7. The molecule has 2 unspecified atom stereocenters. The molecular weight excluding hydrogens is 1140 g/mol. The van der Waals surface area contributed by atoms with Crippen molar-refractivity contribution < 1.29 is 84.8 Å². The molecule has 1 aromatic carbocycles. The van der Waals surface area contributed by atoms with Gasteiger partial charge in [0.15, 0.2) is 6.10 Å². The van der Waals surface area contributed by atoms with Gasteiger partial charge in [-0.2, -0.15) is 4.31 Å². The number of unbranched alkanes of at least 4 members (excludes halogenated alkanes) is 4. The van der Waals surface area contributed by atoms with Crippen LogP contribution in [0.15, 0.2) is 47.6 Å². The standard InChI is InChI=1S/C55H90ClN7O18P2/c1-13-35(5)47-50(66)60-40(10)54(70)80-48(36(6)14-2)38(8)44(79-55(71)58-28-18-16-20-30-77-83(74,75)81-82(72,73)76-29-19-15-17-27-57)26-21-37(7)53(69)78-45(31-34(3)4)49(65)59-39(9)51(67)63(12)43(32-41-22-24-42(56)25-23-41)52(68)62(11)33-46(64)61-47/h14,21-25,34-35,38-40,43-45,47-48H,13,15-20,26-33,57H2,1-12H3,(H,58,71)(H,59,65)(H,60,66)(H,61,64)(H,72,73)(H,74,75)/b36-14+,37-21-/t35-,38+,39+,40-,43-,44+,45+,47+,48-/m1/s1. The highest BCUT2D eigenvalue weighted by Crippen LogP contribution is 2.60. The number of nitrogens with one attached hydrogen (secondary N) is 4. The van der Waals surface area contributed by atoms with Gasteiger partial charge in [0.25, 0.3) is 5.91 Å². The molecule has 1 aliphatic heterocycles. The number of hydrogen-bond donors (Lipinski definition) is 7. The summed E-state index contributed by atoms with van der Waals surface area (Å²) in [6.45, 7) is 15.8. The third-order valence-corrected chi connectivity index (χ3v) is 16.7. The molecule has 0 spiro atoms. The molecule has 0 aromatic heterocycles. The van der Waals surface area contributed by atoms with E-state index >= 15 is 0 Å². The number of halogens is 1. The van der Waals surface area contributed by atoms with E-state index in [1.165, 1.54) is 40.9 Å². The minimum absolute atomic E-state index is 0.00836. The zero-order valence-corrected chi connectivity index (χ0v) is 52.6. The van der Waals surface area contributed by atoms with Gasteiger partial charge >= 0.3 is 33.7 Å². The van der Waals surface area contributed by atoms with Crippen LogP contribution >= 0.6 is 27.2 Å². The maximum absolute atomic E-state index is 14.3. The van der Waals surface area contributed by atoms with Crippen LogP contribution in [0, 0.1) is 17.8 Å². The summed E-state index contributed by atoms with van der Waals surface area (Å²) in [5.41, 5.74) is 6.58. The Kier molecular flexibility index (Phi) is 32.6. The summed E-state index contributed by atoms with van der Waals surface area (Å²) in [5, 5.41) is 11.1. The second-order valence-electron chi connectivity index (χ2n) is 21.2. The van der Waals surface area contributed by atoms with Gasteiger partial charge in [0.1, 0.15) is 36.4 Å². The van der Waals surface area contributed by atoms with E-state index in [0.29, 0.717) is 61.2 Å². The van der Waals surface area contributed by atoms with Crippen LogP contribution in [0.5, 0.6) is 0 Å². The first-order valence-electron chi connectivity index (χ1n) is 28.0. The minimum atomic E-state index is -4.98. The van der Waals surface area contributed by atoms with E-state index in [-0.39, 0.29) is 56.9 Å². The summed E-state index contributed by atoms with van der Waals surface area (Å²) in [6, 6.07) is 1.65. The average molecular weight is 1230 g/mol. The number of benzene rings is 1. The Labute approximate surface area is 493 Å². The molecule has 0 bridgehead atoms. The number of esters is 2. The number of ether oxygens (including phenoxy) is 3. The number of alkyl carbamates (subject to hydrolysis) is 1. The molecule has 1 heterocycles. The monoisotopic (exact) mass is 1230 g/mol. The van der Waals surface area contributed by atoms with Crippen molar-refractivity contribution in [2.45, 2.75) is 176 Å². The third kappa shape index (κ3) is 26.7. The maximum Gasteiger partial charge on any atom is 0.481 e. The molecule has 470 valence electrons. The van der Waals surface area contributed by atoms with Gasteiger partial charge in [-0.3, -0.25) is 33.0 Å². The Morgan fingerprint density at radius 3 is 2.02 bits per heavy atom. The van der Waals surface area contributed by atoms with Gasteiger partial charge in [-0.25, -0.2) is 23.5 Å². The van der Waals surface area contributed by atoms with E-state index in [1.54, 1.807) is 78.8 Å². The predicted octanol–water partition coefficient (Wildman–Crippen LogP) is 6.17. The number of allylic oxidation sites excluding steroid dienone is 1. The highest BCUT2D eigenvalue weighted by molar-refractivity contribution is 7.61. The number of nitrogens with two attached hydrogens (primary N) is 1. The van der Waals surface area contributed by atoms with Crippen LogP contribution in [0.4, 0.5) is 4.79 Å². The second kappa shape index (κ2) is 36.6. The number of amides is 6. The summed E-state index contributed by atoms with van der Waals surface area (Å²) in [6.07, 6.45) is 1.35. The summed E-state index contributed by atoms with van der Waals surface area (Å²) in [5.74, 6) is -6.86. The Balaban J connectivity index is 2.52. The quantitative estimate of drug-likeness (QED) is 0.0211. The van der Waals surface area contributed by atoms with Crippen LogP contribution in [-0.2, 0) is 76.7 Å².